The van der Waals surface area contributed by atoms with Crippen LogP contribution in [-0.2, 0) is 14.3 Å². The normalized spacial score (nSPS) is 26.4. The molecule has 0 aliphatic carbocycles. The predicted molar refractivity (Wildman–Crippen MR) is 49.9 cm³/mol. The van der Waals surface area contributed by atoms with E-state index in [1.807, 2.05) is 0 Å². The van der Waals surface area contributed by atoms with E-state index in [0.717, 1.165) is 0 Å². The number of hydrogen-bond acceptors (Lipinski definition) is 3. The zero-order valence-corrected chi connectivity index (χ0v) is 9.99. The van der Waals surface area contributed by atoms with Crippen LogP contribution in [0.5, 0.6) is 0 Å². The van der Waals surface area contributed by atoms with Gasteiger partial charge in [-0.15, -0.1) is 0 Å². The van der Waals surface area contributed by atoms with Gasteiger partial charge in [0.25, 0.3) is 5.60 Å². The maximum atomic E-state index is 12.7. The molecule has 0 spiro atoms. The molecule has 0 amide bonds. The predicted octanol–water partition coefficient (Wildman–Crippen LogP) is 3.40. The smallest absolute Gasteiger partial charge is 0.426 e. The molecule has 20 heavy (non-hydrogen) atoms. The van der Waals surface area contributed by atoms with E-state index in [0.29, 0.717) is 6.92 Å². The first-order valence-electron chi connectivity index (χ1n) is 5.15. The Morgan fingerprint density at radius 2 is 1.60 bits per heavy atom. The Morgan fingerprint density at radius 3 is 1.90 bits per heavy atom. The van der Waals surface area contributed by atoms with E-state index in [1.165, 1.54) is 0 Å². The van der Waals surface area contributed by atoms with Crippen LogP contribution in [0.1, 0.15) is 19.8 Å². The fourth-order valence-corrected chi connectivity index (χ4v) is 1.76. The van der Waals surface area contributed by atoms with E-state index < -0.39 is 48.4 Å². The molecule has 0 aromatic rings. The maximum Gasteiger partial charge on any atom is 0.426 e. The van der Waals surface area contributed by atoms with Crippen molar-refractivity contribution in [2.75, 3.05) is 0 Å². The van der Waals surface area contributed by atoms with Crippen LogP contribution in [0.25, 0.3) is 0 Å². The number of carbonyl (C=O) groups is 1. The zero-order chi connectivity index (χ0) is 16.0. The average molecular weight is 310 g/mol. The van der Waals surface area contributed by atoms with Gasteiger partial charge in [0, 0.05) is 19.8 Å². The van der Waals surface area contributed by atoms with Crippen molar-refractivity contribution in [2.24, 2.45) is 0 Å². The summed E-state index contributed by atoms with van der Waals surface area (Å²) >= 11 is 0. The summed E-state index contributed by atoms with van der Waals surface area (Å²) in [5.41, 5.74) is -4.45. The molecule has 1 fully saturated rings. The first-order chi connectivity index (χ1) is 8.74. The molecule has 1 aliphatic heterocycles. The Balaban J connectivity index is 3.08. The minimum absolute atomic E-state index is 0.688. The number of hydrogen-bond donors (Lipinski definition) is 0. The molecule has 1 unspecified atom stereocenters. The number of esters is 1. The molecule has 1 aliphatic rings. The van der Waals surface area contributed by atoms with Crippen LogP contribution in [0.4, 0.5) is 30.7 Å². The Kier molecular flexibility index (Phi) is 3.85. The highest BCUT2D eigenvalue weighted by atomic mass is 19.4. The fourth-order valence-electron chi connectivity index (χ4n) is 1.76. The summed E-state index contributed by atoms with van der Waals surface area (Å²) in [7, 11) is 0. The Hall–Kier alpha value is -1.32. The van der Waals surface area contributed by atoms with Gasteiger partial charge in [0.05, 0.1) is 0 Å². The third kappa shape index (κ3) is 2.74. The van der Waals surface area contributed by atoms with Gasteiger partial charge in [-0.3, -0.25) is 0 Å². The molecule has 0 saturated carbocycles. The van der Waals surface area contributed by atoms with Crippen molar-refractivity contribution in [3.8, 4) is 0 Å². The Bertz CT molecular complexity index is 412. The van der Waals surface area contributed by atoms with Gasteiger partial charge in [0.15, 0.2) is 0 Å². The number of carbonyl (C=O) groups excluding carboxylic acids is 1. The number of ether oxygens (including phenoxy) is 2. The molecular weight excluding hydrogens is 301 g/mol. The van der Waals surface area contributed by atoms with E-state index in [1.54, 1.807) is 0 Å². The summed E-state index contributed by atoms with van der Waals surface area (Å²) in [5.74, 6) is -5.99. The minimum Gasteiger partial charge on any atom is -0.428 e. The molecule has 1 rings (SSSR count). The number of rotatable bonds is 2. The third-order valence-corrected chi connectivity index (χ3v) is 2.77. The first kappa shape index (κ1) is 16.7. The van der Waals surface area contributed by atoms with Gasteiger partial charge in [-0.1, -0.05) is 6.58 Å². The summed E-state index contributed by atoms with van der Waals surface area (Å²) in [6, 6.07) is 0. The third-order valence-electron chi connectivity index (χ3n) is 2.77. The van der Waals surface area contributed by atoms with Gasteiger partial charge in [-0.25, -0.2) is 4.79 Å². The van der Waals surface area contributed by atoms with Crippen LogP contribution >= 0.6 is 0 Å². The standard InChI is InChI=1S/C10H9F7O3/c1-5(11)6(18)19-7(2)3-4-8(20-7,9(12,13)14)10(15,16)17/h1,3-4H2,2H3. The van der Waals surface area contributed by atoms with Gasteiger partial charge in [0.1, 0.15) is 0 Å². The average Bonchev–Trinajstić information content (AvgIpc) is 2.55. The summed E-state index contributed by atoms with van der Waals surface area (Å²) in [6.45, 7) is 3.21. The van der Waals surface area contributed by atoms with Gasteiger partial charge in [-0.2, -0.15) is 30.7 Å². The molecule has 0 N–H and O–H groups in total. The summed E-state index contributed by atoms with van der Waals surface area (Å²) in [6.07, 6.45) is -13.9. The van der Waals surface area contributed by atoms with Crippen LogP contribution < -0.4 is 0 Å². The fraction of sp³-hybridized carbons (Fsp3) is 0.700. The van der Waals surface area contributed by atoms with Gasteiger partial charge >= 0.3 is 18.3 Å². The van der Waals surface area contributed by atoms with E-state index in [9.17, 15) is 35.5 Å². The lowest BCUT2D eigenvalue weighted by Gasteiger charge is -2.35. The van der Waals surface area contributed by atoms with Crippen molar-refractivity contribution < 1.29 is 45.0 Å². The van der Waals surface area contributed by atoms with E-state index >= 15 is 0 Å². The Labute approximate surface area is 108 Å². The van der Waals surface area contributed by atoms with Crippen molar-refractivity contribution in [1.82, 2.24) is 0 Å². The highest BCUT2D eigenvalue weighted by Crippen LogP contribution is 2.55. The first-order valence-corrected chi connectivity index (χ1v) is 5.15. The SMILES string of the molecule is C=C(F)C(=O)OC1(C)CCC(C(F)(F)F)(C(F)(F)F)O1. The van der Waals surface area contributed by atoms with E-state index in [-0.39, 0.29) is 0 Å². The van der Waals surface area contributed by atoms with E-state index in [2.05, 4.69) is 16.1 Å². The van der Waals surface area contributed by atoms with Crippen molar-refractivity contribution in [3.05, 3.63) is 12.4 Å². The second-order valence-electron chi connectivity index (χ2n) is 4.35. The minimum atomic E-state index is -5.76. The molecule has 116 valence electrons. The van der Waals surface area contributed by atoms with Crippen molar-refractivity contribution in [2.45, 2.75) is 43.5 Å². The second-order valence-corrected chi connectivity index (χ2v) is 4.35. The van der Waals surface area contributed by atoms with Crippen LogP contribution in [-0.4, -0.2) is 29.7 Å². The molecule has 0 bridgehead atoms. The summed E-state index contributed by atoms with van der Waals surface area (Å²) in [4.78, 5) is 10.9. The van der Waals surface area contributed by atoms with Crippen LogP contribution in [0, 0.1) is 0 Å². The summed E-state index contributed by atoms with van der Waals surface area (Å²) in [5, 5.41) is 0. The van der Waals surface area contributed by atoms with Crippen molar-refractivity contribution >= 4 is 5.97 Å². The lowest BCUT2D eigenvalue weighted by Crippen LogP contribution is -2.58. The van der Waals surface area contributed by atoms with Crippen molar-refractivity contribution in [3.63, 3.8) is 0 Å². The molecule has 0 aromatic heterocycles. The van der Waals surface area contributed by atoms with Gasteiger partial charge in [0.2, 0.25) is 11.6 Å². The quantitative estimate of drug-likeness (QED) is 0.445. The molecule has 1 saturated heterocycles. The zero-order valence-electron chi connectivity index (χ0n) is 9.99. The van der Waals surface area contributed by atoms with Crippen LogP contribution in [0.15, 0.2) is 12.4 Å². The second kappa shape index (κ2) is 4.61. The molecule has 10 heteroatoms. The van der Waals surface area contributed by atoms with Gasteiger partial charge < -0.3 is 9.47 Å². The molecule has 0 radical (unpaired) electrons. The largest absolute Gasteiger partial charge is 0.428 e. The molecule has 3 nitrogen and oxygen atoms in total. The van der Waals surface area contributed by atoms with Crippen LogP contribution in [0.3, 0.4) is 0 Å². The lowest BCUT2D eigenvalue weighted by molar-refractivity contribution is -0.399. The molecular formula is C10H9F7O3. The molecule has 1 heterocycles. The topological polar surface area (TPSA) is 35.5 Å². The highest BCUT2D eigenvalue weighted by molar-refractivity contribution is 5.85. The number of alkyl halides is 6. The Morgan fingerprint density at radius 1 is 1.15 bits per heavy atom. The highest BCUT2D eigenvalue weighted by Gasteiger charge is 2.77. The molecule has 1 atom stereocenters. The maximum absolute atomic E-state index is 12.7. The lowest BCUT2D eigenvalue weighted by atomic mass is 9.98. The van der Waals surface area contributed by atoms with Crippen molar-refractivity contribution in [1.29, 1.82) is 0 Å². The monoisotopic (exact) mass is 310 g/mol. The van der Waals surface area contributed by atoms with E-state index in [4.69, 9.17) is 0 Å². The molecule has 0 aromatic carbocycles. The van der Waals surface area contributed by atoms with Gasteiger partial charge in [-0.05, 0) is 0 Å². The van der Waals surface area contributed by atoms with Crippen LogP contribution in [0.2, 0.25) is 0 Å². The summed E-state index contributed by atoms with van der Waals surface area (Å²) < 4.78 is 96.6. The number of halogens is 7.